The highest BCUT2D eigenvalue weighted by Gasteiger charge is 2.22. The number of amides is 2. The molecule has 0 aliphatic carbocycles. The summed E-state index contributed by atoms with van der Waals surface area (Å²) in [5, 5.41) is 2.93. The number of nitrogens with zero attached hydrogens (tertiary/aromatic N) is 4. The zero-order chi connectivity index (χ0) is 16.2. The molecule has 2 aromatic rings. The Labute approximate surface area is 151 Å². The van der Waals surface area contributed by atoms with Crippen LogP contribution in [0.5, 0.6) is 0 Å². The Hall–Kier alpha value is -1.67. The average Bonchev–Trinajstić information content (AvgIpc) is 2.58. The van der Waals surface area contributed by atoms with Crippen molar-refractivity contribution in [2.45, 2.75) is 0 Å². The van der Waals surface area contributed by atoms with E-state index in [0.717, 1.165) is 33.5 Å². The van der Waals surface area contributed by atoms with Gasteiger partial charge in [0, 0.05) is 47.5 Å². The molecule has 0 spiro atoms. The van der Waals surface area contributed by atoms with Gasteiger partial charge in [-0.05, 0) is 34.1 Å². The first kappa shape index (κ1) is 16.2. The smallest absolute Gasteiger partial charge is 0.321 e. The highest BCUT2D eigenvalue weighted by molar-refractivity contribution is 9.11. The van der Waals surface area contributed by atoms with Gasteiger partial charge in [-0.2, -0.15) is 0 Å². The van der Waals surface area contributed by atoms with E-state index < -0.39 is 0 Å². The minimum Gasteiger partial charge on any atom is -0.352 e. The molecule has 8 heteroatoms. The molecule has 1 aliphatic rings. The molecule has 1 aromatic heterocycles. The molecule has 0 atom stereocenters. The van der Waals surface area contributed by atoms with Crippen LogP contribution in [0.3, 0.4) is 0 Å². The largest absolute Gasteiger partial charge is 0.352 e. The standard InChI is InChI=1S/C15H15Br2N5O/c16-11-1-2-13(12(17)9-11)20-15(23)22-7-5-21(6-8-22)14-10-18-3-4-19-14/h1-4,9-10H,5-8H2,(H,20,23). The third-order valence-corrected chi connectivity index (χ3v) is 4.76. The van der Waals surface area contributed by atoms with Crippen LogP contribution in [-0.4, -0.2) is 47.1 Å². The van der Waals surface area contributed by atoms with E-state index in [0.29, 0.717) is 13.1 Å². The Kier molecular flexibility index (Phi) is 5.12. The zero-order valence-electron chi connectivity index (χ0n) is 12.2. The van der Waals surface area contributed by atoms with Gasteiger partial charge in [-0.25, -0.2) is 9.78 Å². The van der Waals surface area contributed by atoms with Crippen molar-refractivity contribution in [1.82, 2.24) is 14.9 Å². The van der Waals surface area contributed by atoms with Crippen LogP contribution >= 0.6 is 31.9 Å². The van der Waals surface area contributed by atoms with E-state index in [2.05, 4.69) is 52.0 Å². The highest BCUT2D eigenvalue weighted by Crippen LogP contribution is 2.26. The first-order valence-electron chi connectivity index (χ1n) is 7.15. The summed E-state index contributed by atoms with van der Waals surface area (Å²) in [5.74, 6) is 0.850. The number of hydrogen-bond acceptors (Lipinski definition) is 4. The van der Waals surface area contributed by atoms with Crippen molar-refractivity contribution in [2.24, 2.45) is 0 Å². The van der Waals surface area contributed by atoms with Gasteiger partial charge in [0.2, 0.25) is 0 Å². The van der Waals surface area contributed by atoms with Crippen LogP contribution in [0.25, 0.3) is 0 Å². The highest BCUT2D eigenvalue weighted by atomic mass is 79.9. The van der Waals surface area contributed by atoms with Crippen LogP contribution in [0.15, 0.2) is 45.7 Å². The second kappa shape index (κ2) is 7.27. The van der Waals surface area contributed by atoms with E-state index >= 15 is 0 Å². The van der Waals surface area contributed by atoms with Gasteiger partial charge in [-0.15, -0.1) is 0 Å². The van der Waals surface area contributed by atoms with Gasteiger partial charge in [0.1, 0.15) is 5.82 Å². The Morgan fingerprint density at radius 1 is 1.13 bits per heavy atom. The van der Waals surface area contributed by atoms with Crippen LogP contribution in [0, 0.1) is 0 Å². The fourth-order valence-electron chi connectivity index (χ4n) is 2.38. The Morgan fingerprint density at radius 2 is 1.91 bits per heavy atom. The van der Waals surface area contributed by atoms with E-state index in [1.165, 1.54) is 0 Å². The van der Waals surface area contributed by atoms with Gasteiger partial charge in [-0.1, -0.05) is 15.9 Å². The number of anilines is 2. The molecule has 1 N–H and O–H groups in total. The van der Waals surface area contributed by atoms with Crippen molar-refractivity contribution in [3.63, 3.8) is 0 Å². The van der Waals surface area contributed by atoms with Crippen molar-refractivity contribution in [3.8, 4) is 0 Å². The lowest BCUT2D eigenvalue weighted by molar-refractivity contribution is 0.208. The molecule has 0 radical (unpaired) electrons. The summed E-state index contributed by atoms with van der Waals surface area (Å²) >= 11 is 6.85. The molecule has 1 fully saturated rings. The first-order chi connectivity index (χ1) is 11.1. The molecule has 2 amide bonds. The summed E-state index contributed by atoms with van der Waals surface area (Å²) in [5.41, 5.74) is 0.759. The van der Waals surface area contributed by atoms with Crippen LogP contribution in [0.4, 0.5) is 16.3 Å². The number of nitrogens with one attached hydrogen (secondary N) is 1. The van der Waals surface area contributed by atoms with Gasteiger partial charge in [0.25, 0.3) is 0 Å². The van der Waals surface area contributed by atoms with Crippen LogP contribution in [-0.2, 0) is 0 Å². The summed E-state index contributed by atoms with van der Waals surface area (Å²) in [6.45, 7) is 2.79. The van der Waals surface area contributed by atoms with E-state index in [9.17, 15) is 4.79 Å². The number of benzene rings is 1. The maximum Gasteiger partial charge on any atom is 0.321 e. The van der Waals surface area contributed by atoms with E-state index in [1.54, 1.807) is 23.5 Å². The first-order valence-corrected chi connectivity index (χ1v) is 8.74. The summed E-state index contributed by atoms with van der Waals surface area (Å²) in [4.78, 5) is 24.7. The van der Waals surface area contributed by atoms with Crippen molar-refractivity contribution >= 4 is 49.4 Å². The Balaban J connectivity index is 1.58. The summed E-state index contributed by atoms with van der Waals surface area (Å²) in [6.07, 6.45) is 5.08. The summed E-state index contributed by atoms with van der Waals surface area (Å²) in [6, 6.07) is 5.57. The maximum atomic E-state index is 12.4. The van der Waals surface area contributed by atoms with Crippen LogP contribution in [0.1, 0.15) is 0 Å². The summed E-state index contributed by atoms with van der Waals surface area (Å²) < 4.78 is 1.80. The molecular weight excluding hydrogens is 426 g/mol. The zero-order valence-corrected chi connectivity index (χ0v) is 15.4. The van der Waals surface area contributed by atoms with Gasteiger partial charge in [-0.3, -0.25) is 4.98 Å². The number of carbonyl (C=O) groups is 1. The maximum absolute atomic E-state index is 12.4. The quantitative estimate of drug-likeness (QED) is 0.777. The number of aromatic nitrogens is 2. The normalized spacial score (nSPS) is 14.7. The topological polar surface area (TPSA) is 61.4 Å². The van der Waals surface area contributed by atoms with Crippen molar-refractivity contribution in [3.05, 3.63) is 45.7 Å². The van der Waals surface area contributed by atoms with E-state index in [1.807, 2.05) is 18.2 Å². The number of rotatable bonds is 2. The number of piperazine rings is 1. The second-order valence-corrected chi connectivity index (χ2v) is 6.86. The lowest BCUT2D eigenvalue weighted by atomic mass is 10.3. The lowest BCUT2D eigenvalue weighted by Gasteiger charge is -2.35. The predicted octanol–water partition coefficient (Wildman–Crippen LogP) is 3.36. The summed E-state index contributed by atoms with van der Waals surface area (Å²) in [7, 11) is 0. The fraction of sp³-hybridized carbons (Fsp3) is 0.267. The fourth-order valence-corrected chi connectivity index (χ4v) is 3.52. The molecule has 23 heavy (non-hydrogen) atoms. The molecule has 6 nitrogen and oxygen atoms in total. The SMILES string of the molecule is O=C(Nc1ccc(Br)cc1Br)N1CCN(c2cnccn2)CC1. The molecule has 120 valence electrons. The third kappa shape index (κ3) is 4.00. The Morgan fingerprint density at radius 3 is 2.57 bits per heavy atom. The number of hydrogen-bond donors (Lipinski definition) is 1. The number of urea groups is 1. The van der Waals surface area contributed by atoms with E-state index in [4.69, 9.17) is 0 Å². The molecule has 1 saturated heterocycles. The molecule has 1 aromatic carbocycles. The molecule has 2 heterocycles. The van der Waals surface area contributed by atoms with Gasteiger partial charge in [0.15, 0.2) is 0 Å². The minimum atomic E-state index is -0.0909. The predicted molar refractivity (Wildman–Crippen MR) is 96.7 cm³/mol. The molecule has 1 aliphatic heterocycles. The molecule has 0 bridgehead atoms. The van der Waals surface area contributed by atoms with Crippen LogP contribution < -0.4 is 10.2 Å². The monoisotopic (exact) mass is 439 g/mol. The van der Waals surface area contributed by atoms with Crippen molar-refractivity contribution < 1.29 is 4.79 Å². The third-order valence-electron chi connectivity index (χ3n) is 3.61. The molecule has 0 unspecified atom stereocenters. The average molecular weight is 441 g/mol. The van der Waals surface area contributed by atoms with Gasteiger partial charge in [0.05, 0.1) is 11.9 Å². The molecule has 3 rings (SSSR count). The molecular formula is C15H15Br2N5O. The lowest BCUT2D eigenvalue weighted by Crippen LogP contribution is -2.50. The second-order valence-electron chi connectivity index (χ2n) is 5.09. The van der Waals surface area contributed by atoms with Crippen molar-refractivity contribution in [1.29, 1.82) is 0 Å². The number of carbonyl (C=O) groups excluding carboxylic acids is 1. The number of halogens is 2. The van der Waals surface area contributed by atoms with Gasteiger partial charge >= 0.3 is 6.03 Å². The van der Waals surface area contributed by atoms with E-state index in [-0.39, 0.29) is 6.03 Å². The van der Waals surface area contributed by atoms with Gasteiger partial charge < -0.3 is 15.1 Å². The van der Waals surface area contributed by atoms with Crippen LogP contribution in [0.2, 0.25) is 0 Å². The Bertz CT molecular complexity index is 690. The minimum absolute atomic E-state index is 0.0909. The molecule has 0 saturated carbocycles. The van der Waals surface area contributed by atoms with Crippen molar-refractivity contribution in [2.75, 3.05) is 36.4 Å².